The molecule has 0 aromatic heterocycles. The molecule has 0 aliphatic heterocycles. The molecule has 0 aliphatic rings. The predicted octanol–water partition coefficient (Wildman–Crippen LogP) is 5.73. The van der Waals surface area contributed by atoms with Crippen molar-refractivity contribution in [2.24, 2.45) is 0 Å². The maximum atomic E-state index is 12.6. The molecular weight excluding hydrogens is 407 g/mol. The fourth-order valence-corrected chi connectivity index (χ4v) is 2.96. The third-order valence-electron chi connectivity index (χ3n) is 3.73. The van der Waals surface area contributed by atoms with Crippen LogP contribution in [0.25, 0.3) is 0 Å². The number of benzene rings is 2. The van der Waals surface area contributed by atoms with Crippen molar-refractivity contribution in [2.45, 2.75) is 26.7 Å². The molecule has 0 saturated heterocycles. The SMILES string of the molecule is CCCCOc1c(Cl)cc(C(=O)Nc2ccc(OCC)cc2[N+](=O)[O-])cc1Cl. The number of unbranched alkanes of at least 4 members (excludes halogenated alkanes) is 1. The molecule has 0 unspecified atom stereocenters. The number of nitrogens with one attached hydrogen (secondary N) is 1. The number of hydrogen-bond donors (Lipinski definition) is 1. The lowest BCUT2D eigenvalue weighted by atomic mass is 10.2. The normalized spacial score (nSPS) is 10.4. The fourth-order valence-electron chi connectivity index (χ4n) is 2.37. The first-order chi connectivity index (χ1) is 13.4. The maximum absolute atomic E-state index is 12.6. The fraction of sp³-hybridized carbons (Fsp3) is 0.316. The quantitative estimate of drug-likeness (QED) is 0.314. The van der Waals surface area contributed by atoms with Gasteiger partial charge in [-0.2, -0.15) is 0 Å². The Labute approximate surface area is 172 Å². The number of nitro groups is 1. The van der Waals surface area contributed by atoms with Gasteiger partial charge in [0.1, 0.15) is 11.4 Å². The number of carbonyl (C=O) groups is 1. The highest BCUT2D eigenvalue weighted by atomic mass is 35.5. The van der Waals surface area contributed by atoms with Crippen LogP contribution >= 0.6 is 23.2 Å². The van der Waals surface area contributed by atoms with Gasteiger partial charge in [-0.05, 0) is 37.6 Å². The van der Waals surface area contributed by atoms with E-state index < -0.39 is 10.8 Å². The highest BCUT2D eigenvalue weighted by Gasteiger charge is 2.20. The Bertz CT molecular complexity index is 850. The van der Waals surface area contributed by atoms with E-state index in [0.29, 0.717) is 24.7 Å². The van der Waals surface area contributed by atoms with Crippen molar-refractivity contribution in [3.05, 3.63) is 56.1 Å². The van der Waals surface area contributed by atoms with Crippen LogP contribution in [0.5, 0.6) is 11.5 Å². The van der Waals surface area contributed by atoms with Crippen molar-refractivity contribution in [1.82, 2.24) is 0 Å². The van der Waals surface area contributed by atoms with Crippen LogP contribution in [0, 0.1) is 10.1 Å². The molecular formula is C19H20Cl2N2O5. The van der Waals surface area contributed by atoms with E-state index in [1.54, 1.807) is 6.92 Å². The lowest BCUT2D eigenvalue weighted by Gasteiger charge is -2.12. The topological polar surface area (TPSA) is 90.7 Å². The van der Waals surface area contributed by atoms with Gasteiger partial charge in [0.2, 0.25) is 0 Å². The zero-order valence-corrected chi connectivity index (χ0v) is 17.0. The van der Waals surface area contributed by atoms with Gasteiger partial charge in [0.15, 0.2) is 5.75 Å². The Kier molecular flexibility index (Phi) is 7.90. The van der Waals surface area contributed by atoms with E-state index in [-0.39, 0.29) is 27.0 Å². The van der Waals surface area contributed by atoms with Gasteiger partial charge in [0.05, 0.1) is 34.2 Å². The maximum Gasteiger partial charge on any atom is 0.296 e. The second-order valence-electron chi connectivity index (χ2n) is 5.79. The van der Waals surface area contributed by atoms with Gasteiger partial charge in [-0.1, -0.05) is 36.5 Å². The van der Waals surface area contributed by atoms with Crippen molar-refractivity contribution in [1.29, 1.82) is 0 Å². The molecule has 1 N–H and O–H groups in total. The van der Waals surface area contributed by atoms with Gasteiger partial charge in [0.25, 0.3) is 11.6 Å². The van der Waals surface area contributed by atoms with Crippen LogP contribution < -0.4 is 14.8 Å². The summed E-state index contributed by atoms with van der Waals surface area (Å²) in [6.45, 7) is 4.62. The van der Waals surface area contributed by atoms with E-state index in [9.17, 15) is 14.9 Å². The summed E-state index contributed by atoms with van der Waals surface area (Å²) in [6, 6.07) is 7.02. The minimum absolute atomic E-state index is 0.0361. The molecule has 2 rings (SSSR count). The third kappa shape index (κ3) is 5.50. The lowest BCUT2D eigenvalue weighted by molar-refractivity contribution is -0.384. The number of carbonyl (C=O) groups excluding carboxylic acids is 1. The Morgan fingerprint density at radius 2 is 1.82 bits per heavy atom. The summed E-state index contributed by atoms with van der Waals surface area (Å²) in [4.78, 5) is 23.3. The zero-order chi connectivity index (χ0) is 20.7. The first-order valence-electron chi connectivity index (χ1n) is 8.71. The van der Waals surface area contributed by atoms with E-state index in [1.165, 1.54) is 30.3 Å². The van der Waals surface area contributed by atoms with Crippen LogP contribution in [0.15, 0.2) is 30.3 Å². The second-order valence-corrected chi connectivity index (χ2v) is 6.61. The van der Waals surface area contributed by atoms with Crippen LogP contribution in [0.1, 0.15) is 37.0 Å². The van der Waals surface area contributed by atoms with Crippen LogP contribution in [0.2, 0.25) is 10.0 Å². The van der Waals surface area contributed by atoms with Gasteiger partial charge in [-0.3, -0.25) is 14.9 Å². The van der Waals surface area contributed by atoms with Crippen LogP contribution in [-0.4, -0.2) is 24.0 Å². The summed E-state index contributed by atoms with van der Waals surface area (Å²) in [5.41, 5.74) is -0.0917. The Balaban J connectivity index is 2.24. The van der Waals surface area contributed by atoms with E-state index in [2.05, 4.69) is 5.32 Å². The van der Waals surface area contributed by atoms with E-state index in [0.717, 1.165) is 12.8 Å². The molecule has 150 valence electrons. The van der Waals surface area contributed by atoms with E-state index in [1.807, 2.05) is 6.92 Å². The highest BCUT2D eigenvalue weighted by molar-refractivity contribution is 6.37. The highest BCUT2D eigenvalue weighted by Crippen LogP contribution is 2.35. The number of halogens is 2. The molecule has 0 radical (unpaired) electrons. The van der Waals surface area contributed by atoms with Gasteiger partial charge >= 0.3 is 0 Å². The molecule has 9 heteroatoms. The summed E-state index contributed by atoms with van der Waals surface area (Å²) < 4.78 is 10.8. The number of nitrogens with zero attached hydrogens (tertiary/aromatic N) is 1. The largest absolute Gasteiger partial charge is 0.494 e. The molecule has 0 atom stereocenters. The number of hydrogen-bond acceptors (Lipinski definition) is 5. The first-order valence-corrected chi connectivity index (χ1v) is 9.47. The zero-order valence-electron chi connectivity index (χ0n) is 15.5. The first kappa shape index (κ1) is 21.8. The molecule has 0 aliphatic carbocycles. The van der Waals surface area contributed by atoms with Crippen molar-refractivity contribution in [3.8, 4) is 11.5 Å². The van der Waals surface area contributed by atoms with Gasteiger partial charge in [-0.15, -0.1) is 0 Å². The summed E-state index contributed by atoms with van der Waals surface area (Å²) in [7, 11) is 0. The van der Waals surface area contributed by atoms with Gasteiger partial charge in [-0.25, -0.2) is 0 Å². The number of anilines is 1. The van der Waals surface area contributed by atoms with Crippen LogP contribution in [0.3, 0.4) is 0 Å². The number of amides is 1. The lowest BCUT2D eigenvalue weighted by Crippen LogP contribution is -2.13. The number of rotatable bonds is 9. The number of ether oxygens (including phenoxy) is 2. The van der Waals surface area contributed by atoms with Crippen molar-refractivity contribution < 1.29 is 19.2 Å². The Morgan fingerprint density at radius 3 is 2.39 bits per heavy atom. The van der Waals surface area contributed by atoms with Gasteiger partial charge < -0.3 is 14.8 Å². The molecule has 2 aromatic carbocycles. The summed E-state index contributed by atoms with van der Waals surface area (Å²) in [5, 5.41) is 14.2. The summed E-state index contributed by atoms with van der Waals surface area (Å²) in [5.74, 6) is 0.0587. The Hall–Kier alpha value is -2.51. The molecule has 0 bridgehead atoms. The summed E-state index contributed by atoms with van der Waals surface area (Å²) in [6.07, 6.45) is 1.80. The molecule has 0 heterocycles. The van der Waals surface area contributed by atoms with Crippen LogP contribution in [0.4, 0.5) is 11.4 Å². The molecule has 0 saturated carbocycles. The summed E-state index contributed by atoms with van der Waals surface area (Å²) >= 11 is 12.4. The van der Waals surface area contributed by atoms with E-state index >= 15 is 0 Å². The smallest absolute Gasteiger partial charge is 0.296 e. The number of nitro benzene ring substituents is 1. The average molecular weight is 427 g/mol. The van der Waals surface area contributed by atoms with Gasteiger partial charge in [0, 0.05) is 5.56 Å². The molecule has 0 spiro atoms. The molecule has 7 nitrogen and oxygen atoms in total. The minimum atomic E-state index is -0.594. The molecule has 0 fully saturated rings. The van der Waals surface area contributed by atoms with E-state index in [4.69, 9.17) is 32.7 Å². The van der Waals surface area contributed by atoms with Crippen LogP contribution in [-0.2, 0) is 0 Å². The molecule has 2 aromatic rings. The van der Waals surface area contributed by atoms with Crippen molar-refractivity contribution in [3.63, 3.8) is 0 Å². The standard InChI is InChI=1S/C19H20Cl2N2O5/c1-3-5-8-28-18-14(20)9-12(10-15(18)21)19(24)22-16-7-6-13(27-4-2)11-17(16)23(25)26/h6-7,9-11H,3-5,8H2,1-2H3,(H,22,24). The van der Waals surface area contributed by atoms with Crippen molar-refractivity contribution in [2.75, 3.05) is 18.5 Å². The Morgan fingerprint density at radius 1 is 1.14 bits per heavy atom. The predicted molar refractivity (Wildman–Crippen MR) is 109 cm³/mol. The molecule has 28 heavy (non-hydrogen) atoms. The third-order valence-corrected chi connectivity index (χ3v) is 4.29. The second kappa shape index (κ2) is 10.1. The minimum Gasteiger partial charge on any atom is -0.494 e. The average Bonchev–Trinajstić information content (AvgIpc) is 2.65. The van der Waals surface area contributed by atoms with Crippen molar-refractivity contribution >= 4 is 40.5 Å². The molecule has 1 amide bonds. The monoisotopic (exact) mass is 426 g/mol.